The van der Waals surface area contributed by atoms with Crippen LogP contribution in [-0.4, -0.2) is 15.5 Å². The monoisotopic (exact) mass is 461 g/mol. The largest absolute Gasteiger partial charge is 0.493 e. The van der Waals surface area contributed by atoms with Crippen LogP contribution < -0.4 is 14.2 Å². The Hall–Kier alpha value is -2.35. The van der Waals surface area contributed by atoms with Crippen molar-refractivity contribution < 1.29 is 17.9 Å². The normalized spacial score (nSPS) is 11.2. The van der Waals surface area contributed by atoms with Crippen LogP contribution in [0.2, 0.25) is 0 Å². The highest BCUT2D eigenvalue weighted by Crippen LogP contribution is 2.29. The van der Waals surface area contributed by atoms with Gasteiger partial charge in [0.25, 0.3) is 0 Å². The number of halogens is 1. The summed E-state index contributed by atoms with van der Waals surface area (Å²) in [5, 5.41) is 0. The number of hydrogen-bond acceptors (Lipinski definition) is 4. The lowest BCUT2D eigenvalue weighted by Gasteiger charge is -2.13. The van der Waals surface area contributed by atoms with Gasteiger partial charge in [0, 0.05) is 11.0 Å². The molecule has 3 aromatic carbocycles. The number of methoxy groups -OCH3 is 1. The summed E-state index contributed by atoms with van der Waals surface area (Å²) in [5.41, 5.74) is 1.81. The molecule has 0 atom stereocenters. The standard InChI is InChI=1S/C21H20BrNO4S/c1-26-20-13-17(11-12-19(20)27-15-16-7-3-2-4-8-16)14-23-28(24,25)21-10-6-5-9-18(21)22/h2-13,23H,14-15H2,1H3. The summed E-state index contributed by atoms with van der Waals surface area (Å²) in [5.74, 6) is 1.15. The maximum atomic E-state index is 12.5. The first-order chi connectivity index (χ1) is 13.5. The molecule has 28 heavy (non-hydrogen) atoms. The van der Waals surface area contributed by atoms with Crippen LogP contribution in [-0.2, 0) is 23.2 Å². The summed E-state index contributed by atoms with van der Waals surface area (Å²) >= 11 is 3.27. The Balaban J connectivity index is 1.69. The van der Waals surface area contributed by atoms with E-state index in [4.69, 9.17) is 9.47 Å². The SMILES string of the molecule is COc1cc(CNS(=O)(=O)c2ccccc2Br)ccc1OCc1ccccc1. The summed E-state index contributed by atoms with van der Waals surface area (Å²) < 4.78 is 39.4. The Morgan fingerprint density at radius 1 is 0.893 bits per heavy atom. The molecule has 1 N–H and O–H groups in total. The highest BCUT2D eigenvalue weighted by Gasteiger charge is 2.17. The predicted octanol–water partition coefficient (Wildman–Crippen LogP) is 4.52. The molecule has 0 spiro atoms. The number of benzene rings is 3. The van der Waals surface area contributed by atoms with Crippen LogP contribution in [0.1, 0.15) is 11.1 Å². The van der Waals surface area contributed by atoms with Crippen molar-refractivity contribution in [2.24, 2.45) is 0 Å². The van der Waals surface area contributed by atoms with Crippen molar-refractivity contribution in [3.63, 3.8) is 0 Å². The first-order valence-electron chi connectivity index (χ1n) is 8.57. The van der Waals surface area contributed by atoms with Gasteiger partial charge in [-0.05, 0) is 51.3 Å². The van der Waals surface area contributed by atoms with Gasteiger partial charge in [0.1, 0.15) is 6.61 Å². The molecule has 146 valence electrons. The van der Waals surface area contributed by atoms with E-state index in [0.29, 0.717) is 22.6 Å². The minimum atomic E-state index is -3.63. The third-order valence-corrected chi connectivity index (χ3v) is 6.47. The predicted molar refractivity (Wildman–Crippen MR) is 112 cm³/mol. The molecule has 0 unspecified atom stereocenters. The third-order valence-electron chi connectivity index (χ3n) is 4.06. The summed E-state index contributed by atoms with van der Waals surface area (Å²) in [6, 6.07) is 21.9. The fourth-order valence-corrected chi connectivity index (χ4v) is 4.61. The highest BCUT2D eigenvalue weighted by molar-refractivity contribution is 9.10. The van der Waals surface area contributed by atoms with Gasteiger partial charge in [-0.3, -0.25) is 0 Å². The van der Waals surface area contributed by atoms with Crippen LogP contribution in [0.5, 0.6) is 11.5 Å². The fraction of sp³-hybridized carbons (Fsp3) is 0.143. The van der Waals surface area contributed by atoms with Crippen molar-refractivity contribution in [2.75, 3.05) is 7.11 Å². The van der Waals surface area contributed by atoms with Gasteiger partial charge in [-0.25, -0.2) is 13.1 Å². The molecule has 3 rings (SSSR count). The minimum Gasteiger partial charge on any atom is -0.493 e. The molecule has 0 fully saturated rings. The van der Waals surface area contributed by atoms with Gasteiger partial charge in [-0.1, -0.05) is 48.5 Å². The maximum Gasteiger partial charge on any atom is 0.241 e. The lowest BCUT2D eigenvalue weighted by Crippen LogP contribution is -2.23. The van der Waals surface area contributed by atoms with Gasteiger partial charge in [0.05, 0.1) is 12.0 Å². The Labute approximate surface area is 173 Å². The van der Waals surface area contributed by atoms with E-state index in [1.165, 1.54) is 0 Å². The summed E-state index contributed by atoms with van der Waals surface area (Å²) in [6.45, 7) is 0.560. The molecule has 3 aromatic rings. The molecule has 5 nitrogen and oxygen atoms in total. The molecule has 0 aliphatic rings. The van der Waals surface area contributed by atoms with E-state index in [-0.39, 0.29) is 11.4 Å². The highest BCUT2D eigenvalue weighted by atomic mass is 79.9. The quantitative estimate of drug-likeness (QED) is 0.535. The third kappa shape index (κ3) is 5.13. The average Bonchev–Trinajstić information content (AvgIpc) is 2.72. The van der Waals surface area contributed by atoms with Crippen LogP contribution >= 0.6 is 15.9 Å². The molecule has 0 aromatic heterocycles. The second kappa shape index (κ2) is 9.23. The van der Waals surface area contributed by atoms with Crippen molar-refractivity contribution in [1.82, 2.24) is 4.72 Å². The van der Waals surface area contributed by atoms with Crippen molar-refractivity contribution in [3.05, 3.63) is 88.4 Å². The zero-order valence-electron chi connectivity index (χ0n) is 15.3. The van der Waals surface area contributed by atoms with Crippen LogP contribution in [0.15, 0.2) is 82.2 Å². The summed E-state index contributed by atoms with van der Waals surface area (Å²) in [6.07, 6.45) is 0. The Morgan fingerprint density at radius 2 is 1.61 bits per heavy atom. The Bertz CT molecular complexity index is 1040. The van der Waals surface area contributed by atoms with E-state index in [1.807, 2.05) is 36.4 Å². The molecular weight excluding hydrogens is 442 g/mol. The lowest BCUT2D eigenvalue weighted by molar-refractivity contribution is 0.284. The Morgan fingerprint density at radius 3 is 2.32 bits per heavy atom. The average molecular weight is 462 g/mol. The zero-order chi connectivity index (χ0) is 20.0. The first-order valence-corrected chi connectivity index (χ1v) is 10.8. The number of rotatable bonds is 8. The minimum absolute atomic E-state index is 0.138. The van der Waals surface area contributed by atoms with E-state index >= 15 is 0 Å². The molecule has 0 radical (unpaired) electrons. The van der Waals surface area contributed by atoms with Crippen molar-refractivity contribution in [2.45, 2.75) is 18.0 Å². The Kier molecular flexibility index (Phi) is 6.72. The van der Waals surface area contributed by atoms with E-state index in [1.54, 1.807) is 43.5 Å². The smallest absolute Gasteiger partial charge is 0.241 e. The van der Waals surface area contributed by atoms with Crippen molar-refractivity contribution in [1.29, 1.82) is 0 Å². The topological polar surface area (TPSA) is 64.6 Å². The van der Waals surface area contributed by atoms with Crippen LogP contribution in [0.3, 0.4) is 0 Å². The van der Waals surface area contributed by atoms with Gasteiger partial charge >= 0.3 is 0 Å². The molecule has 0 bridgehead atoms. The van der Waals surface area contributed by atoms with Crippen LogP contribution in [0.4, 0.5) is 0 Å². The molecule has 7 heteroatoms. The van der Waals surface area contributed by atoms with E-state index in [9.17, 15) is 8.42 Å². The second-order valence-corrected chi connectivity index (χ2v) is 8.60. The maximum absolute atomic E-state index is 12.5. The molecule has 0 saturated carbocycles. The molecule has 0 amide bonds. The molecule has 0 aliphatic heterocycles. The number of sulfonamides is 1. The fourth-order valence-electron chi connectivity index (χ4n) is 2.60. The van der Waals surface area contributed by atoms with E-state index in [0.717, 1.165) is 11.1 Å². The molecule has 0 heterocycles. The van der Waals surface area contributed by atoms with Crippen molar-refractivity contribution >= 4 is 26.0 Å². The molecular formula is C21H20BrNO4S. The van der Waals surface area contributed by atoms with E-state index in [2.05, 4.69) is 20.7 Å². The zero-order valence-corrected chi connectivity index (χ0v) is 17.7. The van der Waals surface area contributed by atoms with E-state index < -0.39 is 10.0 Å². The number of ether oxygens (including phenoxy) is 2. The van der Waals surface area contributed by atoms with Crippen molar-refractivity contribution in [3.8, 4) is 11.5 Å². The van der Waals surface area contributed by atoms with Crippen LogP contribution in [0.25, 0.3) is 0 Å². The summed E-state index contributed by atoms with van der Waals surface area (Å²) in [4.78, 5) is 0.199. The van der Waals surface area contributed by atoms with Gasteiger partial charge in [-0.2, -0.15) is 0 Å². The number of hydrogen-bond donors (Lipinski definition) is 1. The molecule has 0 aliphatic carbocycles. The van der Waals surface area contributed by atoms with Gasteiger partial charge in [0.15, 0.2) is 11.5 Å². The van der Waals surface area contributed by atoms with Crippen LogP contribution in [0, 0.1) is 0 Å². The number of nitrogens with one attached hydrogen (secondary N) is 1. The second-order valence-electron chi connectivity index (χ2n) is 6.01. The lowest BCUT2D eigenvalue weighted by atomic mass is 10.2. The van der Waals surface area contributed by atoms with Gasteiger partial charge < -0.3 is 9.47 Å². The van der Waals surface area contributed by atoms with Gasteiger partial charge in [0.2, 0.25) is 10.0 Å². The van der Waals surface area contributed by atoms with Gasteiger partial charge in [-0.15, -0.1) is 0 Å². The molecule has 0 saturated heterocycles. The summed E-state index contributed by atoms with van der Waals surface area (Å²) in [7, 11) is -2.08. The first kappa shape index (κ1) is 20.4.